The molecule has 1 atom stereocenters. The first-order valence-electron chi connectivity index (χ1n) is 7.28. The number of nitrogens with zero attached hydrogens (tertiary/aromatic N) is 1. The molecule has 2 rings (SSSR count). The molecule has 0 amide bonds. The van der Waals surface area contributed by atoms with Crippen LogP contribution in [0.15, 0.2) is 6.07 Å². The molecular weight excluding hydrogens is 220 g/mol. The average Bonchev–Trinajstić information content (AvgIpc) is 2.28. The maximum Gasteiger partial charge on any atom is 0.0426 e. The number of pyridine rings is 1. The molecule has 0 spiro atoms. The van der Waals surface area contributed by atoms with Crippen LogP contribution >= 0.6 is 0 Å². The molecule has 1 fully saturated rings. The molecule has 0 aromatic carbocycles. The molecule has 0 saturated heterocycles. The van der Waals surface area contributed by atoms with Crippen LogP contribution in [0.2, 0.25) is 0 Å². The lowest BCUT2D eigenvalue weighted by atomic mass is 9.93. The van der Waals surface area contributed by atoms with E-state index in [1.165, 1.54) is 48.9 Å². The van der Waals surface area contributed by atoms with Crippen molar-refractivity contribution < 1.29 is 0 Å². The molecule has 0 aliphatic heterocycles. The molecule has 2 heteroatoms. The van der Waals surface area contributed by atoms with Gasteiger partial charge in [-0.05, 0) is 57.7 Å². The van der Waals surface area contributed by atoms with Crippen LogP contribution in [0.5, 0.6) is 0 Å². The summed E-state index contributed by atoms with van der Waals surface area (Å²) in [4.78, 5) is 4.61. The molecule has 18 heavy (non-hydrogen) atoms. The third kappa shape index (κ3) is 3.11. The normalized spacial score (nSPS) is 18.9. The van der Waals surface area contributed by atoms with Gasteiger partial charge in [-0.25, -0.2) is 0 Å². The van der Waals surface area contributed by atoms with E-state index < -0.39 is 0 Å². The molecule has 1 unspecified atom stereocenters. The fourth-order valence-electron chi connectivity index (χ4n) is 3.39. The highest BCUT2D eigenvalue weighted by Gasteiger charge is 2.19. The zero-order chi connectivity index (χ0) is 13.1. The van der Waals surface area contributed by atoms with E-state index in [0.717, 1.165) is 5.69 Å². The van der Waals surface area contributed by atoms with Gasteiger partial charge in [0.15, 0.2) is 0 Å². The molecule has 1 N–H and O–H groups in total. The quantitative estimate of drug-likeness (QED) is 0.872. The van der Waals surface area contributed by atoms with Gasteiger partial charge < -0.3 is 5.32 Å². The number of aromatic nitrogens is 1. The summed E-state index contributed by atoms with van der Waals surface area (Å²) in [6.07, 6.45) is 6.85. The summed E-state index contributed by atoms with van der Waals surface area (Å²) in [5.41, 5.74) is 5.07. The molecule has 1 saturated carbocycles. The van der Waals surface area contributed by atoms with Crippen molar-refractivity contribution in [2.24, 2.45) is 0 Å². The Hall–Kier alpha value is -0.890. The second-order valence-corrected chi connectivity index (χ2v) is 5.80. The van der Waals surface area contributed by atoms with Gasteiger partial charge in [0.2, 0.25) is 0 Å². The molecule has 100 valence electrons. The van der Waals surface area contributed by atoms with Crippen LogP contribution in [0.4, 0.5) is 0 Å². The molecular formula is C16H26N2. The van der Waals surface area contributed by atoms with Gasteiger partial charge in [-0.15, -0.1) is 0 Å². The SMILES string of the molecule is Cc1cc(C)c(C(C)NC2CCCCC2)c(C)n1. The van der Waals surface area contributed by atoms with Crippen LogP contribution in [-0.2, 0) is 0 Å². The fraction of sp³-hybridized carbons (Fsp3) is 0.688. The molecule has 0 bridgehead atoms. The smallest absolute Gasteiger partial charge is 0.0426 e. The van der Waals surface area contributed by atoms with E-state index in [1.807, 2.05) is 0 Å². The summed E-state index contributed by atoms with van der Waals surface area (Å²) in [5.74, 6) is 0. The monoisotopic (exact) mass is 246 g/mol. The van der Waals surface area contributed by atoms with Crippen molar-refractivity contribution in [1.82, 2.24) is 10.3 Å². The Morgan fingerprint density at radius 3 is 2.44 bits per heavy atom. The lowest BCUT2D eigenvalue weighted by Gasteiger charge is -2.28. The van der Waals surface area contributed by atoms with E-state index in [4.69, 9.17) is 0 Å². The van der Waals surface area contributed by atoms with Crippen LogP contribution in [0.3, 0.4) is 0 Å². The first-order valence-corrected chi connectivity index (χ1v) is 7.28. The molecule has 1 aliphatic carbocycles. The van der Waals surface area contributed by atoms with Crippen molar-refractivity contribution in [3.8, 4) is 0 Å². The molecule has 1 heterocycles. The van der Waals surface area contributed by atoms with Gasteiger partial charge in [-0.1, -0.05) is 19.3 Å². The van der Waals surface area contributed by atoms with E-state index in [-0.39, 0.29) is 0 Å². The van der Waals surface area contributed by atoms with Crippen LogP contribution in [0.1, 0.15) is 67.6 Å². The maximum atomic E-state index is 4.61. The minimum absolute atomic E-state index is 0.418. The summed E-state index contributed by atoms with van der Waals surface area (Å²) in [6, 6.07) is 3.32. The Bertz CT molecular complexity index is 383. The van der Waals surface area contributed by atoms with Gasteiger partial charge in [-0.3, -0.25) is 4.98 Å². The van der Waals surface area contributed by atoms with E-state index in [9.17, 15) is 0 Å². The maximum absolute atomic E-state index is 4.61. The van der Waals surface area contributed by atoms with Crippen LogP contribution in [-0.4, -0.2) is 11.0 Å². The fourth-order valence-corrected chi connectivity index (χ4v) is 3.39. The summed E-state index contributed by atoms with van der Waals surface area (Å²) >= 11 is 0. The highest BCUT2D eigenvalue weighted by molar-refractivity contribution is 5.33. The minimum atomic E-state index is 0.418. The lowest BCUT2D eigenvalue weighted by Crippen LogP contribution is -2.33. The van der Waals surface area contributed by atoms with Gasteiger partial charge in [0, 0.05) is 23.5 Å². The number of hydrogen-bond donors (Lipinski definition) is 1. The first kappa shape index (κ1) is 13.5. The van der Waals surface area contributed by atoms with Gasteiger partial charge >= 0.3 is 0 Å². The molecule has 1 aromatic heterocycles. The number of rotatable bonds is 3. The van der Waals surface area contributed by atoms with Crippen molar-refractivity contribution in [1.29, 1.82) is 0 Å². The van der Waals surface area contributed by atoms with Crippen molar-refractivity contribution in [2.75, 3.05) is 0 Å². The zero-order valence-electron chi connectivity index (χ0n) is 12.2. The predicted octanol–water partition coefficient (Wildman–Crippen LogP) is 3.99. The lowest BCUT2D eigenvalue weighted by molar-refractivity contribution is 0.346. The Morgan fingerprint density at radius 2 is 1.83 bits per heavy atom. The zero-order valence-corrected chi connectivity index (χ0v) is 12.2. The Kier molecular flexibility index (Phi) is 4.39. The summed E-state index contributed by atoms with van der Waals surface area (Å²) in [6.45, 7) is 8.69. The summed E-state index contributed by atoms with van der Waals surface area (Å²) in [5, 5.41) is 3.80. The van der Waals surface area contributed by atoms with E-state index in [1.54, 1.807) is 0 Å². The predicted molar refractivity (Wildman–Crippen MR) is 76.9 cm³/mol. The number of hydrogen-bond acceptors (Lipinski definition) is 2. The van der Waals surface area contributed by atoms with E-state index in [2.05, 4.69) is 44.1 Å². The second kappa shape index (κ2) is 5.83. The van der Waals surface area contributed by atoms with Crippen molar-refractivity contribution >= 4 is 0 Å². The summed E-state index contributed by atoms with van der Waals surface area (Å²) in [7, 11) is 0. The van der Waals surface area contributed by atoms with E-state index >= 15 is 0 Å². The average molecular weight is 246 g/mol. The Balaban J connectivity index is 2.10. The number of nitrogens with one attached hydrogen (secondary N) is 1. The third-order valence-electron chi connectivity index (χ3n) is 4.11. The molecule has 0 radical (unpaired) electrons. The van der Waals surface area contributed by atoms with Gasteiger partial charge in [0.25, 0.3) is 0 Å². The minimum Gasteiger partial charge on any atom is -0.307 e. The summed E-state index contributed by atoms with van der Waals surface area (Å²) < 4.78 is 0. The van der Waals surface area contributed by atoms with Crippen molar-refractivity contribution in [2.45, 2.75) is 71.9 Å². The van der Waals surface area contributed by atoms with Gasteiger partial charge in [-0.2, -0.15) is 0 Å². The number of aryl methyl sites for hydroxylation is 3. The first-order chi connectivity index (χ1) is 8.58. The van der Waals surface area contributed by atoms with Crippen LogP contribution in [0, 0.1) is 20.8 Å². The largest absolute Gasteiger partial charge is 0.307 e. The molecule has 1 aliphatic rings. The Labute approximate surface area is 111 Å². The second-order valence-electron chi connectivity index (χ2n) is 5.80. The van der Waals surface area contributed by atoms with Crippen molar-refractivity contribution in [3.05, 3.63) is 28.6 Å². The Morgan fingerprint density at radius 1 is 1.17 bits per heavy atom. The standard InChI is InChI=1S/C16H26N2/c1-11-10-12(2)17-13(3)16(11)14(4)18-15-8-6-5-7-9-15/h10,14-15,18H,5-9H2,1-4H3. The van der Waals surface area contributed by atoms with Crippen molar-refractivity contribution in [3.63, 3.8) is 0 Å². The van der Waals surface area contributed by atoms with Crippen LogP contribution < -0.4 is 5.32 Å². The topological polar surface area (TPSA) is 24.9 Å². The highest BCUT2D eigenvalue weighted by Crippen LogP contribution is 2.25. The van der Waals surface area contributed by atoms with Crippen LogP contribution in [0.25, 0.3) is 0 Å². The molecule has 1 aromatic rings. The highest BCUT2D eigenvalue weighted by atomic mass is 14.9. The van der Waals surface area contributed by atoms with E-state index in [0.29, 0.717) is 12.1 Å². The molecule has 2 nitrogen and oxygen atoms in total. The third-order valence-corrected chi connectivity index (χ3v) is 4.11. The van der Waals surface area contributed by atoms with Gasteiger partial charge in [0.05, 0.1) is 0 Å². The van der Waals surface area contributed by atoms with Gasteiger partial charge in [0.1, 0.15) is 0 Å².